The van der Waals surface area contributed by atoms with E-state index in [0.717, 1.165) is 11.8 Å². The van der Waals surface area contributed by atoms with Crippen molar-refractivity contribution < 1.29 is 33.6 Å². The molecule has 2 aromatic rings. The van der Waals surface area contributed by atoms with Gasteiger partial charge in [-0.25, -0.2) is 4.79 Å². The SMILES string of the molecule is CC(C)(C)OC(=O)C1S[C@@H]2C(NC(=O)C(NC(=O)OCc3ccc([N+](=O)[O-])cc3)c3ccccc3)C(=O)N2C=C1CCl. The number of esters is 1. The number of nitro groups is 1. The molecular formula is C28H29ClN4O8S. The molecule has 14 heteroatoms. The zero-order valence-electron chi connectivity index (χ0n) is 22.9. The molecule has 1 saturated heterocycles. The van der Waals surface area contributed by atoms with E-state index in [-0.39, 0.29) is 18.2 Å². The summed E-state index contributed by atoms with van der Waals surface area (Å²) in [5, 5.41) is 14.7. The first-order valence-corrected chi connectivity index (χ1v) is 14.3. The summed E-state index contributed by atoms with van der Waals surface area (Å²) in [5.74, 6) is -1.53. The molecule has 3 unspecified atom stereocenters. The lowest BCUT2D eigenvalue weighted by Gasteiger charge is -2.49. The van der Waals surface area contributed by atoms with Gasteiger partial charge in [-0.2, -0.15) is 0 Å². The van der Waals surface area contributed by atoms with Crippen molar-refractivity contribution in [2.75, 3.05) is 5.88 Å². The van der Waals surface area contributed by atoms with Crippen molar-refractivity contribution in [3.63, 3.8) is 0 Å². The molecule has 1 fully saturated rings. The molecule has 0 spiro atoms. The summed E-state index contributed by atoms with van der Waals surface area (Å²) < 4.78 is 10.8. The van der Waals surface area contributed by atoms with Gasteiger partial charge in [-0.15, -0.1) is 23.4 Å². The Kier molecular flexibility index (Phi) is 9.42. The van der Waals surface area contributed by atoms with Crippen molar-refractivity contribution in [1.82, 2.24) is 15.5 Å². The number of alkyl halides is 1. The average molecular weight is 617 g/mol. The van der Waals surface area contributed by atoms with Crippen LogP contribution >= 0.6 is 23.4 Å². The zero-order valence-corrected chi connectivity index (χ0v) is 24.5. The van der Waals surface area contributed by atoms with Crippen LogP contribution in [0, 0.1) is 10.1 Å². The van der Waals surface area contributed by atoms with Crippen molar-refractivity contribution >= 4 is 52.9 Å². The molecule has 4 rings (SSSR count). The second-order valence-corrected chi connectivity index (χ2v) is 12.0. The number of nitrogens with one attached hydrogen (secondary N) is 2. The van der Waals surface area contributed by atoms with Crippen LogP contribution in [0.1, 0.15) is 37.9 Å². The van der Waals surface area contributed by atoms with E-state index in [4.69, 9.17) is 21.1 Å². The monoisotopic (exact) mass is 616 g/mol. The van der Waals surface area contributed by atoms with Gasteiger partial charge in [-0.3, -0.25) is 24.5 Å². The highest BCUT2D eigenvalue weighted by molar-refractivity contribution is 8.01. The van der Waals surface area contributed by atoms with Crippen LogP contribution in [0.3, 0.4) is 0 Å². The van der Waals surface area contributed by atoms with E-state index in [2.05, 4.69) is 10.6 Å². The van der Waals surface area contributed by atoms with Crippen LogP contribution in [-0.2, 0) is 30.5 Å². The first-order valence-electron chi connectivity index (χ1n) is 12.9. The van der Waals surface area contributed by atoms with Gasteiger partial charge in [0.15, 0.2) is 0 Å². The molecule has 0 bridgehead atoms. The third-order valence-corrected chi connectivity index (χ3v) is 8.10. The zero-order chi connectivity index (χ0) is 30.6. The van der Waals surface area contributed by atoms with Crippen molar-refractivity contribution in [2.45, 2.75) is 55.7 Å². The Morgan fingerprint density at radius 2 is 1.79 bits per heavy atom. The fourth-order valence-electron chi connectivity index (χ4n) is 4.25. The van der Waals surface area contributed by atoms with Gasteiger partial charge in [-0.1, -0.05) is 30.3 Å². The average Bonchev–Trinajstić information content (AvgIpc) is 2.96. The Balaban J connectivity index is 1.44. The largest absolute Gasteiger partial charge is 0.459 e. The smallest absolute Gasteiger partial charge is 0.408 e. The van der Waals surface area contributed by atoms with Crippen LogP contribution in [0.4, 0.5) is 10.5 Å². The highest BCUT2D eigenvalue weighted by Crippen LogP contribution is 2.42. The molecule has 2 heterocycles. The number of hydrogen-bond donors (Lipinski definition) is 2. The Morgan fingerprint density at radius 1 is 1.12 bits per heavy atom. The number of thioether (sulfide) groups is 1. The van der Waals surface area contributed by atoms with E-state index in [1.807, 2.05) is 0 Å². The molecule has 2 aromatic carbocycles. The maximum Gasteiger partial charge on any atom is 0.408 e. The quantitative estimate of drug-likeness (QED) is 0.141. The third-order valence-electron chi connectivity index (χ3n) is 6.24. The van der Waals surface area contributed by atoms with Gasteiger partial charge >= 0.3 is 12.1 Å². The number of β-lactam (4-membered cyclic amide) rings is 1. The van der Waals surface area contributed by atoms with Gasteiger partial charge in [0.05, 0.1) is 4.92 Å². The predicted octanol–water partition coefficient (Wildman–Crippen LogP) is 3.80. The molecule has 0 aromatic heterocycles. The molecule has 0 aliphatic carbocycles. The van der Waals surface area contributed by atoms with E-state index >= 15 is 0 Å². The number of benzene rings is 2. The van der Waals surface area contributed by atoms with Crippen LogP contribution in [0.25, 0.3) is 0 Å². The van der Waals surface area contributed by atoms with E-state index in [9.17, 15) is 29.3 Å². The predicted molar refractivity (Wildman–Crippen MR) is 154 cm³/mol. The first-order chi connectivity index (χ1) is 19.9. The van der Waals surface area contributed by atoms with Crippen molar-refractivity contribution in [3.05, 3.63) is 87.6 Å². The topological polar surface area (TPSA) is 157 Å². The third kappa shape index (κ3) is 7.21. The number of carbonyl (C=O) groups excluding carboxylic acids is 4. The molecule has 2 aliphatic heterocycles. The number of non-ortho nitro benzene ring substituents is 1. The standard InChI is InChI=1S/C28H29ClN4O8S/c1-28(2,3)41-26(36)22-18(13-29)14-32-24(35)21(25(32)42-22)30-23(34)20(17-7-5-4-6-8-17)31-27(37)40-15-16-9-11-19(12-10-16)33(38)39/h4-12,14,20-22,25H,13,15H2,1-3H3,(H,30,34)(H,31,37)/t20?,21?,22?,25-/m1/s1. The molecule has 2 N–H and O–H groups in total. The van der Waals surface area contributed by atoms with Crippen molar-refractivity contribution in [2.24, 2.45) is 0 Å². The second-order valence-electron chi connectivity index (χ2n) is 10.5. The van der Waals surface area contributed by atoms with Crippen LogP contribution in [0.5, 0.6) is 0 Å². The minimum absolute atomic E-state index is 0.0203. The summed E-state index contributed by atoms with van der Waals surface area (Å²) in [6, 6.07) is 11.7. The van der Waals surface area contributed by atoms with E-state index in [1.165, 1.54) is 35.4 Å². The van der Waals surface area contributed by atoms with Gasteiger partial charge in [0.1, 0.15) is 34.9 Å². The van der Waals surface area contributed by atoms with Gasteiger partial charge in [0.2, 0.25) is 5.91 Å². The molecule has 0 saturated carbocycles. The molecule has 4 atom stereocenters. The number of halogens is 1. The molecular weight excluding hydrogens is 588 g/mol. The summed E-state index contributed by atoms with van der Waals surface area (Å²) in [7, 11) is 0. The molecule has 42 heavy (non-hydrogen) atoms. The van der Waals surface area contributed by atoms with Crippen LogP contribution in [-0.4, -0.2) is 61.8 Å². The molecule has 222 valence electrons. The highest BCUT2D eigenvalue weighted by Gasteiger charge is 2.53. The van der Waals surface area contributed by atoms with Crippen LogP contribution in [0.2, 0.25) is 0 Å². The Morgan fingerprint density at radius 3 is 2.38 bits per heavy atom. The summed E-state index contributed by atoms with van der Waals surface area (Å²) in [4.78, 5) is 63.7. The normalized spacial score (nSPS) is 20.3. The maximum absolute atomic E-state index is 13.4. The lowest BCUT2D eigenvalue weighted by atomic mass is 10.0. The first kappa shape index (κ1) is 30.8. The fourth-order valence-corrected chi connectivity index (χ4v) is 5.95. The number of carbonyl (C=O) groups is 4. The Labute approximate surface area is 250 Å². The van der Waals surface area contributed by atoms with E-state index < -0.39 is 57.1 Å². The van der Waals surface area contributed by atoms with Gasteiger partial charge in [-0.05, 0) is 49.6 Å². The Bertz CT molecular complexity index is 1400. The lowest BCUT2D eigenvalue weighted by Crippen LogP contribution is -2.70. The van der Waals surface area contributed by atoms with Gasteiger partial charge in [0, 0.05) is 24.2 Å². The fraction of sp³-hybridized carbons (Fsp3) is 0.357. The molecule has 2 aliphatic rings. The lowest BCUT2D eigenvalue weighted by molar-refractivity contribution is -0.384. The number of fused-ring (bicyclic) bond motifs is 1. The van der Waals surface area contributed by atoms with Crippen molar-refractivity contribution in [3.8, 4) is 0 Å². The number of ether oxygens (including phenoxy) is 2. The number of rotatable bonds is 9. The summed E-state index contributed by atoms with van der Waals surface area (Å²) >= 11 is 7.22. The van der Waals surface area contributed by atoms with Gasteiger partial charge < -0.3 is 25.0 Å². The number of amides is 3. The highest BCUT2D eigenvalue weighted by atomic mass is 35.5. The number of hydrogen-bond acceptors (Lipinski definition) is 9. The number of nitrogens with zero attached hydrogens (tertiary/aromatic N) is 2. The second kappa shape index (κ2) is 12.8. The molecule has 12 nitrogen and oxygen atoms in total. The van der Waals surface area contributed by atoms with Crippen LogP contribution < -0.4 is 10.6 Å². The Hall–Kier alpha value is -4.10. The van der Waals surface area contributed by atoms with Crippen molar-refractivity contribution in [1.29, 1.82) is 0 Å². The number of alkyl carbamates (subject to hydrolysis) is 1. The van der Waals surface area contributed by atoms with E-state index in [0.29, 0.717) is 16.7 Å². The number of nitro benzene ring substituents is 1. The maximum atomic E-state index is 13.4. The molecule has 0 radical (unpaired) electrons. The van der Waals surface area contributed by atoms with E-state index in [1.54, 1.807) is 51.1 Å². The molecule has 3 amide bonds. The minimum Gasteiger partial charge on any atom is -0.459 e. The summed E-state index contributed by atoms with van der Waals surface area (Å²) in [6.45, 7) is 5.05. The van der Waals surface area contributed by atoms with Crippen LogP contribution in [0.15, 0.2) is 66.4 Å². The minimum atomic E-state index is -1.21. The summed E-state index contributed by atoms with van der Waals surface area (Å²) in [5.41, 5.74) is 0.644. The summed E-state index contributed by atoms with van der Waals surface area (Å²) in [6.07, 6.45) is 0.613. The van der Waals surface area contributed by atoms with Gasteiger partial charge in [0.25, 0.3) is 11.6 Å².